The predicted octanol–water partition coefficient (Wildman–Crippen LogP) is 3.55. The smallest absolute Gasteiger partial charge is 0.444 e. The standard InChI is InChI=1S/C11H8F3NO2/c1-7-6-16-10(15-7)8-3-2-4-9(5-8)17-11(12,13)14/h2-6H,1H3. The Bertz CT molecular complexity index is 519. The molecular weight excluding hydrogens is 235 g/mol. The van der Waals surface area contributed by atoms with Gasteiger partial charge in [-0.25, -0.2) is 4.98 Å². The summed E-state index contributed by atoms with van der Waals surface area (Å²) in [4.78, 5) is 4.02. The normalized spacial score (nSPS) is 11.5. The number of hydrogen-bond donors (Lipinski definition) is 0. The Morgan fingerprint density at radius 3 is 2.65 bits per heavy atom. The topological polar surface area (TPSA) is 35.3 Å². The lowest BCUT2D eigenvalue weighted by Crippen LogP contribution is -2.17. The van der Waals surface area contributed by atoms with Gasteiger partial charge in [0.05, 0.1) is 5.69 Å². The van der Waals surface area contributed by atoms with E-state index >= 15 is 0 Å². The summed E-state index contributed by atoms with van der Waals surface area (Å²) >= 11 is 0. The van der Waals surface area contributed by atoms with E-state index in [4.69, 9.17) is 4.42 Å². The molecule has 0 amide bonds. The van der Waals surface area contributed by atoms with Crippen LogP contribution in [0.2, 0.25) is 0 Å². The summed E-state index contributed by atoms with van der Waals surface area (Å²) in [5.41, 5.74) is 1.09. The summed E-state index contributed by atoms with van der Waals surface area (Å²) in [6.45, 7) is 1.73. The van der Waals surface area contributed by atoms with E-state index in [9.17, 15) is 13.2 Å². The molecular formula is C11H8F3NO2. The third kappa shape index (κ3) is 2.99. The molecule has 0 radical (unpaired) electrons. The van der Waals surface area contributed by atoms with Crippen molar-refractivity contribution in [1.82, 2.24) is 4.98 Å². The number of aryl methyl sites for hydroxylation is 1. The van der Waals surface area contributed by atoms with Gasteiger partial charge in [-0.1, -0.05) is 6.07 Å². The Morgan fingerprint density at radius 1 is 1.29 bits per heavy atom. The fourth-order valence-corrected chi connectivity index (χ4v) is 1.31. The number of nitrogens with zero attached hydrogens (tertiary/aromatic N) is 1. The van der Waals surface area contributed by atoms with E-state index < -0.39 is 6.36 Å². The number of rotatable bonds is 2. The van der Waals surface area contributed by atoms with Crippen LogP contribution in [0.4, 0.5) is 13.2 Å². The van der Waals surface area contributed by atoms with Crippen LogP contribution in [0.5, 0.6) is 5.75 Å². The minimum Gasteiger partial charge on any atom is -0.444 e. The number of aromatic nitrogens is 1. The van der Waals surface area contributed by atoms with Gasteiger partial charge in [-0.05, 0) is 25.1 Å². The summed E-state index contributed by atoms with van der Waals surface area (Å²) in [7, 11) is 0. The molecule has 0 aliphatic rings. The van der Waals surface area contributed by atoms with Crippen LogP contribution in [0.25, 0.3) is 11.5 Å². The molecule has 2 aromatic rings. The van der Waals surface area contributed by atoms with Gasteiger partial charge in [-0.3, -0.25) is 0 Å². The van der Waals surface area contributed by atoms with Gasteiger partial charge < -0.3 is 9.15 Å². The van der Waals surface area contributed by atoms with Crippen molar-refractivity contribution in [3.63, 3.8) is 0 Å². The molecule has 3 nitrogen and oxygen atoms in total. The molecule has 0 aliphatic carbocycles. The van der Waals surface area contributed by atoms with Gasteiger partial charge in [0, 0.05) is 5.56 Å². The van der Waals surface area contributed by atoms with Gasteiger partial charge in [-0.15, -0.1) is 13.2 Å². The molecule has 2 rings (SSSR count). The highest BCUT2D eigenvalue weighted by Gasteiger charge is 2.31. The monoisotopic (exact) mass is 243 g/mol. The second kappa shape index (κ2) is 4.12. The molecule has 0 unspecified atom stereocenters. The Balaban J connectivity index is 2.29. The highest BCUT2D eigenvalue weighted by atomic mass is 19.4. The van der Waals surface area contributed by atoms with Gasteiger partial charge in [-0.2, -0.15) is 0 Å². The molecule has 90 valence electrons. The van der Waals surface area contributed by atoms with E-state index in [0.717, 1.165) is 0 Å². The van der Waals surface area contributed by atoms with Crippen molar-refractivity contribution < 1.29 is 22.3 Å². The maximum absolute atomic E-state index is 12.0. The van der Waals surface area contributed by atoms with E-state index in [-0.39, 0.29) is 11.6 Å². The van der Waals surface area contributed by atoms with E-state index in [0.29, 0.717) is 11.3 Å². The van der Waals surface area contributed by atoms with Gasteiger partial charge in [0.1, 0.15) is 12.0 Å². The predicted molar refractivity (Wildman–Crippen MR) is 53.4 cm³/mol. The molecule has 0 saturated carbocycles. The average molecular weight is 243 g/mol. The van der Waals surface area contributed by atoms with Crippen LogP contribution in [0.3, 0.4) is 0 Å². The highest BCUT2D eigenvalue weighted by Crippen LogP contribution is 2.27. The molecule has 0 atom stereocenters. The highest BCUT2D eigenvalue weighted by molar-refractivity contribution is 5.55. The number of hydrogen-bond acceptors (Lipinski definition) is 3. The van der Waals surface area contributed by atoms with E-state index in [1.165, 1.54) is 24.5 Å². The molecule has 1 aromatic carbocycles. The number of halogens is 3. The average Bonchev–Trinajstić information content (AvgIpc) is 2.63. The molecule has 0 saturated heterocycles. The summed E-state index contributed by atoms with van der Waals surface area (Å²) in [5.74, 6) is -0.0408. The van der Waals surface area contributed by atoms with E-state index in [1.54, 1.807) is 13.0 Å². The van der Waals surface area contributed by atoms with E-state index in [1.807, 2.05) is 0 Å². The summed E-state index contributed by atoms with van der Waals surface area (Å²) in [5, 5.41) is 0. The molecule has 1 aromatic heterocycles. The van der Waals surface area contributed by atoms with E-state index in [2.05, 4.69) is 9.72 Å². The molecule has 0 aliphatic heterocycles. The quantitative estimate of drug-likeness (QED) is 0.809. The summed E-state index contributed by atoms with van der Waals surface area (Å²) < 4.78 is 44.9. The summed E-state index contributed by atoms with van der Waals surface area (Å²) in [6.07, 6.45) is -3.28. The molecule has 0 spiro atoms. The Kier molecular flexibility index (Phi) is 2.79. The molecule has 6 heteroatoms. The minimum atomic E-state index is -4.70. The van der Waals surface area contributed by atoms with Crippen LogP contribution in [0.15, 0.2) is 34.9 Å². The number of ether oxygens (including phenoxy) is 1. The molecule has 1 heterocycles. The van der Waals surface area contributed by atoms with Crippen molar-refractivity contribution in [2.45, 2.75) is 13.3 Å². The first-order valence-electron chi connectivity index (χ1n) is 4.72. The van der Waals surface area contributed by atoms with Gasteiger partial charge >= 0.3 is 6.36 Å². The van der Waals surface area contributed by atoms with Gasteiger partial charge in [0.15, 0.2) is 0 Å². The number of alkyl halides is 3. The van der Waals surface area contributed by atoms with Crippen LogP contribution in [-0.4, -0.2) is 11.3 Å². The molecule has 0 fully saturated rings. The number of benzene rings is 1. The van der Waals surface area contributed by atoms with Gasteiger partial charge in [0.2, 0.25) is 5.89 Å². The third-order valence-electron chi connectivity index (χ3n) is 1.93. The first kappa shape index (κ1) is 11.5. The zero-order chi connectivity index (χ0) is 12.5. The maximum atomic E-state index is 12.0. The molecule has 0 bridgehead atoms. The van der Waals surface area contributed by atoms with Crippen molar-refractivity contribution in [3.8, 4) is 17.2 Å². The lowest BCUT2D eigenvalue weighted by atomic mass is 10.2. The van der Waals surface area contributed by atoms with Gasteiger partial charge in [0.25, 0.3) is 0 Å². The van der Waals surface area contributed by atoms with Crippen LogP contribution >= 0.6 is 0 Å². The van der Waals surface area contributed by atoms with Crippen molar-refractivity contribution in [2.75, 3.05) is 0 Å². The first-order chi connectivity index (χ1) is 7.94. The minimum absolute atomic E-state index is 0.259. The van der Waals surface area contributed by atoms with Crippen molar-refractivity contribution in [2.24, 2.45) is 0 Å². The lowest BCUT2D eigenvalue weighted by molar-refractivity contribution is -0.274. The zero-order valence-electron chi connectivity index (χ0n) is 8.78. The van der Waals surface area contributed by atoms with Crippen LogP contribution in [0.1, 0.15) is 5.69 Å². The van der Waals surface area contributed by atoms with Crippen LogP contribution in [-0.2, 0) is 0 Å². The second-order valence-electron chi connectivity index (χ2n) is 3.37. The third-order valence-corrected chi connectivity index (χ3v) is 1.93. The first-order valence-corrected chi connectivity index (χ1v) is 4.72. The molecule has 17 heavy (non-hydrogen) atoms. The number of oxazole rings is 1. The fraction of sp³-hybridized carbons (Fsp3) is 0.182. The van der Waals surface area contributed by atoms with Crippen molar-refractivity contribution >= 4 is 0 Å². The second-order valence-corrected chi connectivity index (χ2v) is 3.37. The summed E-state index contributed by atoms with van der Waals surface area (Å²) in [6, 6.07) is 5.47. The SMILES string of the molecule is Cc1coc(-c2cccc(OC(F)(F)F)c2)n1. The van der Waals surface area contributed by atoms with Crippen LogP contribution < -0.4 is 4.74 Å². The lowest BCUT2D eigenvalue weighted by Gasteiger charge is -2.08. The largest absolute Gasteiger partial charge is 0.573 e. The molecule has 0 N–H and O–H groups in total. The van der Waals surface area contributed by atoms with Crippen molar-refractivity contribution in [1.29, 1.82) is 0 Å². The van der Waals surface area contributed by atoms with Crippen molar-refractivity contribution in [3.05, 3.63) is 36.2 Å². The zero-order valence-corrected chi connectivity index (χ0v) is 8.78. The fourth-order valence-electron chi connectivity index (χ4n) is 1.31. The Hall–Kier alpha value is -1.98. The Labute approximate surface area is 94.8 Å². The maximum Gasteiger partial charge on any atom is 0.573 e. The van der Waals surface area contributed by atoms with Crippen LogP contribution in [0, 0.1) is 6.92 Å². The Morgan fingerprint density at radius 2 is 2.06 bits per heavy atom.